The predicted molar refractivity (Wildman–Crippen MR) is 79.2 cm³/mol. The number of benzene rings is 1. The molecule has 0 aromatic heterocycles. The van der Waals surface area contributed by atoms with Gasteiger partial charge in [0.15, 0.2) is 0 Å². The molecule has 2 heteroatoms. The molecule has 1 aromatic carbocycles. The minimum atomic E-state index is 0.459. The Labute approximate surface area is 116 Å². The molecule has 0 amide bonds. The molecule has 0 saturated heterocycles. The van der Waals surface area contributed by atoms with Gasteiger partial charge >= 0.3 is 0 Å². The van der Waals surface area contributed by atoms with Crippen molar-refractivity contribution >= 4 is 11.6 Å². The lowest BCUT2D eigenvalue weighted by Crippen LogP contribution is -2.25. The Balaban J connectivity index is 2.17. The zero-order valence-electron chi connectivity index (χ0n) is 11.5. The maximum Gasteiger partial charge on any atom is 0.0438 e. The summed E-state index contributed by atoms with van der Waals surface area (Å²) >= 11 is 6.26. The first-order valence-corrected chi connectivity index (χ1v) is 7.53. The topological polar surface area (TPSA) is 12.0 Å². The van der Waals surface area contributed by atoms with E-state index in [4.69, 9.17) is 11.6 Å². The summed E-state index contributed by atoms with van der Waals surface area (Å²) in [5, 5.41) is 4.39. The fourth-order valence-corrected chi connectivity index (χ4v) is 3.31. The molecule has 18 heavy (non-hydrogen) atoms. The highest BCUT2D eigenvalue weighted by Crippen LogP contribution is 2.34. The summed E-state index contributed by atoms with van der Waals surface area (Å²) in [6.45, 7) is 2.06. The van der Waals surface area contributed by atoms with Crippen molar-refractivity contribution in [2.45, 2.75) is 51.5 Å². The fourth-order valence-electron chi connectivity index (χ4n) is 3.12. The summed E-state index contributed by atoms with van der Waals surface area (Å²) in [5.41, 5.74) is 2.51. The fraction of sp³-hybridized carbons (Fsp3) is 0.625. The third-order valence-corrected chi connectivity index (χ3v) is 4.64. The monoisotopic (exact) mass is 265 g/mol. The van der Waals surface area contributed by atoms with Crippen LogP contribution in [-0.2, 0) is 0 Å². The van der Waals surface area contributed by atoms with Gasteiger partial charge in [-0.05, 0) is 49.9 Å². The van der Waals surface area contributed by atoms with Gasteiger partial charge in [0, 0.05) is 11.1 Å². The summed E-state index contributed by atoms with van der Waals surface area (Å²) in [6, 6.07) is 6.97. The van der Waals surface area contributed by atoms with Crippen LogP contribution in [0.2, 0.25) is 5.02 Å². The van der Waals surface area contributed by atoms with Crippen molar-refractivity contribution in [2.24, 2.45) is 5.92 Å². The summed E-state index contributed by atoms with van der Waals surface area (Å²) in [4.78, 5) is 0. The van der Waals surface area contributed by atoms with Crippen LogP contribution in [0.15, 0.2) is 18.2 Å². The zero-order valence-corrected chi connectivity index (χ0v) is 12.3. The second kappa shape index (κ2) is 6.58. The summed E-state index contributed by atoms with van der Waals surface area (Å²) in [5.74, 6) is 0.760. The van der Waals surface area contributed by atoms with Gasteiger partial charge in [-0.2, -0.15) is 0 Å². The molecule has 1 aliphatic rings. The minimum absolute atomic E-state index is 0.459. The van der Waals surface area contributed by atoms with Crippen LogP contribution < -0.4 is 5.32 Å². The van der Waals surface area contributed by atoms with Crippen LogP contribution in [0.1, 0.15) is 55.7 Å². The summed E-state index contributed by atoms with van der Waals surface area (Å²) in [7, 11) is 2.07. The molecule has 1 nitrogen and oxygen atoms in total. The highest BCUT2D eigenvalue weighted by atomic mass is 35.5. The van der Waals surface area contributed by atoms with E-state index in [0.29, 0.717) is 6.04 Å². The number of rotatable bonds is 3. The lowest BCUT2D eigenvalue weighted by atomic mass is 9.87. The van der Waals surface area contributed by atoms with E-state index < -0.39 is 0 Å². The van der Waals surface area contributed by atoms with E-state index in [-0.39, 0.29) is 0 Å². The highest BCUT2D eigenvalue weighted by Gasteiger charge is 2.23. The number of aryl methyl sites for hydroxylation is 1. The molecule has 1 aromatic rings. The van der Waals surface area contributed by atoms with Gasteiger partial charge in [-0.25, -0.2) is 0 Å². The predicted octanol–water partition coefficient (Wildman–Crippen LogP) is 4.88. The van der Waals surface area contributed by atoms with Crippen LogP contribution in [-0.4, -0.2) is 7.05 Å². The maximum atomic E-state index is 6.26. The number of nitrogens with one attached hydrogen (secondary N) is 1. The average Bonchev–Trinajstić information content (AvgIpc) is 2.64. The van der Waals surface area contributed by atoms with Gasteiger partial charge in [-0.1, -0.05) is 49.4 Å². The van der Waals surface area contributed by atoms with E-state index >= 15 is 0 Å². The second-order valence-electron chi connectivity index (χ2n) is 5.53. The molecule has 1 fully saturated rings. The van der Waals surface area contributed by atoms with Gasteiger partial charge in [0.2, 0.25) is 0 Å². The molecule has 2 rings (SSSR count). The third kappa shape index (κ3) is 3.27. The van der Waals surface area contributed by atoms with Crippen LogP contribution in [0.25, 0.3) is 0 Å². The largest absolute Gasteiger partial charge is 0.313 e. The molecule has 1 aliphatic carbocycles. The standard InChI is InChI=1S/C16H24ClN/c1-12-9-10-14(11-15(12)17)16(18-2)13-7-5-3-4-6-8-13/h9-11,13,16,18H,3-8H2,1-2H3. The number of hydrogen-bond donors (Lipinski definition) is 1. The van der Waals surface area contributed by atoms with E-state index in [1.807, 2.05) is 0 Å². The van der Waals surface area contributed by atoms with Gasteiger partial charge in [-0.15, -0.1) is 0 Å². The quantitative estimate of drug-likeness (QED) is 0.768. The summed E-state index contributed by atoms with van der Waals surface area (Å²) in [6.07, 6.45) is 8.25. The Hall–Kier alpha value is -0.530. The van der Waals surface area contributed by atoms with Crippen molar-refractivity contribution in [2.75, 3.05) is 7.05 Å². The lowest BCUT2D eigenvalue weighted by molar-refractivity contribution is 0.341. The first kappa shape index (κ1) is 13.9. The first-order chi connectivity index (χ1) is 8.72. The molecule has 1 unspecified atom stereocenters. The Morgan fingerprint density at radius 1 is 1.17 bits per heavy atom. The normalized spacial score (nSPS) is 19.5. The molecule has 0 bridgehead atoms. The second-order valence-corrected chi connectivity index (χ2v) is 5.93. The number of halogens is 1. The van der Waals surface area contributed by atoms with E-state index in [0.717, 1.165) is 16.5 Å². The highest BCUT2D eigenvalue weighted by molar-refractivity contribution is 6.31. The first-order valence-electron chi connectivity index (χ1n) is 7.15. The van der Waals surface area contributed by atoms with Crippen molar-refractivity contribution < 1.29 is 0 Å². The van der Waals surface area contributed by atoms with Crippen molar-refractivity contribution in [3.05, 3.63) is 34.3 Å². The molecular weight excluding hydrogens is 242 g/mol. The van der Waals surface area contributed by atoms with Gasteiger partial charge < -0.3 is 5.32 Å². The van der Waals surface area contributed by atoms with Crippen molar-refractivity contribution in [1.29, 1.82) is 0 Å². The summed E-state index contributed by atoms with van der Waals surface area (Å²) < 4.78 is 0. The van der Waals surface area contributed by atoms with Crippen LogP contribution in [0.5, 0.6) is 0 Å². The molecule has 0 aliphatic heterocycles. The van der Waals surface area contributed by atoms with E-state index in [1.165, 1.54) is 44.1 Å². The Morgan fingerprint density at radius 3 is 2.39 bits per heavy atom. The molecule has 0 radical (unpaired) electrons. The Morgan fingerprint density at radius 2 is 1.83 bits per heavy atom. The van der Waals surface area contributed by atoms with E-state index in [1.54, 1.807) is 0 Å². The van der Waals surface area contributed by atoms with E-state index in [9.17, 15) is 0 Å². The van der Waals surface area contributed by atoms with Crippen molar-refractivity contribution in [3.8, 4) is 0 Å². The molecule has 1 N–H and O–H groups in total. The molecular formula is C16H24ClN. The van der Waals surface area contributed by atoms with Crippen molar-refractivity contribution in [3.63, 3.8) is 0 Å². The molecule has 0 spiro atoms. The SMILES string of the molecule is CNC(c1ccc(C)c(Cl)c1)C1CCCCCC1. The molecule has 1 saturated carbocycles. The van der Waals surface area contributed by atoms with Crippen LogP contribution in [0, 0.1) is 12.8 Å². The van der Waals surface area contributed by atoms with Gasteiger partial charge in [0.05, 0.1) is 0 Å². The lowest BCUT2D eigenvalue weighted by Gasteiger charge is -2.26. The third-order valence-electron chi connectivity index (χ3n) is 4.24. The van der Waals surface area contributed by atoms with Crippen LogP contribution >= 0.6 is 11.6 Å². The Bertz CT molecular complexity index is 381. The van der Waals surface area contributed by atoms with Crippen LogP contribution in [0.4, 0.5) is 0 Å². The van der Waals surface area contributed by atoms with Gasteiger partial charge in [0.1, 0.15) is 0 Å². The molecule has 100 valence electrons. The minimum Gasteiger partial charge on any atom is -0.313 e. The van der Waals surface area contributed by atoms with Gasteiger partial charge in [0.25, 0.3) is 0 Å². The zero-order chi connectivity index (χ0) is 13.0. The average molecular weight is 266 g/mol. The Kier molecular flexibility index (Phi) is 5.08. The molecule has 1 atom stereocenters. The van der Waals surface area contributed by atoms with E-state index in [2.05, 4.69) is 37.5 Å². The molecule has 0 heterocycles. The smallest absolute Gasteiger partial charge is 0.0438 e. The maximum absolute atomic E-state index is 6.26. The van der Waals surface area contributed by atoms with Gasteiger partial charge in [-0.3, -0.25) is 0 Å². The van der Waals surface area contributed by atoms with Crippen LogP contribution in [0.3, 0.4) is 0 Å². The number of hydrogen-bond acceptors (Lipinski definition) is 1. The van der Waals surface area contributed by atoms with Crippen molar-refractivity contribution in [1.82, 2.24) is 5.32 Å².